The van der Waals surface area contributed by atoms with E-state index in [0.717, 1.165) is 47.2 Å². The van der Waals surface area contributed by atoms with Gasteiger partial charge in [-0.3, -0.25) is 4.79 Å². The minimum absolute atomic E-state index is 0.186. The second kappa shape index (κ2) is 7.02. The molecule has 6 heteroatoms. The summed E-state index contributed by atoms with van der Waals surface area (Å²) in [5.74, 6) is 1.69. The Bertz CT molecular complexity index is 863. The molecule has 0 saturated carbocycles. The van der Waals surface area contributed by atoms with Crippen molar-refractivity contribution in [2.45, 2.75) is 39.9 Å². The van der Waals surface area contributed by atoms with Gasteiger partial charge in [0.2, 0.25) is 12.6 Å². The molecular formula is C21H27N2O4+. The maximum atomic E-state index is 13.0. The molecule has 2 aromatic rings. The van der Waals surface area contributed by atoms with Crippen molar-refractivity contribution >= 4 is 5.78 Å². The Morgan fingerprint density at radius 1 is 1.11 bits per heavy atom. The van der Waals surface area contributed by atoms with E-state index in [4.69, 9.17) is 14.2 Å². The molecule has 1 saturated heterocycles. The summed E-state index contributed by atoms with van der Waals surface area (Å²) in [7, 11) is 0. The van der Waals surface area contributed by atoms with E-state index in [1.54, 1.807) is 0 Å². The molecule has 27 heavy (non-hydrogen) atoms. The molecule has 4 rings (SSSR count). The number of aromatic nitrogens is 1. The predicted octanol–water partition coefficient (Wildman–Crippen LogP) is 1.70. The number of fused-ring (bicyclic) bond motifs is 1. The maximum Gasteiger partial charge on any atom is 0.231 e. The second-order valence-electron chi connectivity index (χ2n) is 7.67. The van der Waals surface area contributed by atoms with Gasteiger partial charge >= 0.3 is 0 Å². The molecule has 2 aliphatic rings. The molecule has 3 atom stereocenters. The first-order chi connectivity index (χ1) is 12.9. The number of carbonyl (C=O) groups is 1. The van der Waals surface area contributed by atoms with Gasteiger partial charge in [0.05, 0.1) is 0 Å². The fourth-order valence-corrected chi connectivity index (χ4v) is 4.32. The average Bonchev–Trinajstić information content (AvgIpc) is 3.17. The van der Waals surface area contributed by atoms with Crippen LogP contribution in [-0.2, 0) is 4.74 Å². The molecule has 1 fully saturated rings. The van der Waals surface area contributed by atoms with Crippen molar-refractivity contribution in [2.24, 2.45) is 0 Å². The van der Waals surface area contributed by atoms with Crippen molar-refractivity contribution in [1.29, 1.82) is 0 Å². The first kappa shape index (κ1) is 18.1. The third-order valence-corrected chi connectivity index (χ3v) is 5.37. The Labute approximate surface area is 159 Å². The van der Waals surface area contributed by atoms with E-state index < -0.39 is 0 Å². The summed E-state index contributed by atoms with van der Waals surface area (Å²) < 4.78 is 18.8. The van der Waals surface area contributed by atoms with Gasteiger partial charge in [0, 0.05) is 28.7 Å². The number of benzene rings is 1. The zero-order valence-electron chi connectivity index (χ0n) is 16.4. The maximum absolute atomic E-state index is 13.0. The molecular weight excluding hydrogens is 344 g/mol. The lowest BCUT2D eigenvalue weighted by atomic mass is 10.1. The van der Waals surface area contributed by atoms with Gasteiger partial charge < -0.3 is 23.7 Å². The highest BCUT2D eigenvalue weighted by molar-refractivity contribution is 5.98. The van der Waals surface area contributed by atoms with Gasteiger partial charge in [-0.25, -0.2) is 0 Å². The van der Waals surface area contributed by atoms with E-state index in [-0.39, 0.29) is 24.8 Å². The number of nitrogens with zero attached hydrogens (tertiary/aromatic N) is 1. The Hall–Kier alpha value is -2.31. The van der Waals surface area contributed by atoms with Gasteiger partial charge in [-0.1, -0.05) is 0 Å². The smallest absolute Gasteiger partial charge is 0.231 e. The number of nitrogens with one attached hydrogen (secondary N) is 1. The van der Waals surface area contributed by atoms with E-state index in [9.17, 15) is 4.79 Å². The van der Waals surface area contributed by atoms with Crippen LogP contribution in [0.4, 0.5) is 0 Å². The lowest BCUT2D eigenvalue weighted by molar-refractivity contribution is -0.906. The summed E-state index contributed by atoms with van der Waals surface area (Å²) in [6.07, 6.45) is 0.384. The summed E-state index contributed by atoms with van der Waals surface area (Å²) in [4.78, 5) is 14.3. The predicted molar refractivity (Wildman–Crippen MR) is 101 cm³/mol. The minimum atomic E-state index is 0.186. The highest BCUT2D eigenvalue weighted by Gasteiger charge is 2.29. The fourth-order valence-electron chi connectivity index (χ4n) is 4.32. The molecule has 0 aliphatic carbocycles. The molecule has 0 bridgehead atoms. The van der Waals surface area contributed by atoms with Gasteiger partial charge in [-0.2, -0.15) is 0 Å². The molecule has 1 unspecified atom stereocenters. The number of carbonyl (C=O) groups excluding carboxylic acids is 1. The first-order valence-electron chi connectivity index (χ1n) is 9.53. The van der Waals surface area contributed by atoms with E-state index in [1.807, 2.05) is 38.1 Å². The number of Topliss-reactive ketones (excluding diaryl/α,β-unsaturated/α-hetero) is 1. The molecule has 6 nitrogen and oxygen atoms in total. The average molecular weight is 371 g/mol. The quantitative estimate of drug-likeness (QED) is 0.832. The molecule has 144 valence electrons. The number of rotatable bonds is 4. The SMILES string of the molecule is Cc1cc(C(=O)C[NH+]2C[C@@H](C)O[C@@H](C)C2)c(C)n1-c1ccc2c(c1)OCO2. The topological polar surface area (TPSA) is 54.1 Å². The highest BCUT2D eigenvalue weighted by atomic mass is 16.7. The number of ether oxygens (including phenoxy) is 3. The minimum Gasteiger partial charge on any atom is -0.454 e. The molecule has 1 aromatic heterocycles. The zero-order chi connectivity index (χ0) is 19.1. The summed E-state index contributed by atoms with van der Waals surface area (Å²) in [6, 6.07) is 7.87. The van der Waals surface area contributed by atoms with Gasteiger partial charge in [0.1, 0.15) is 31.8 Å². The summed E-state index contributed by atoms with van der Waals surface area (Å²) in [5.41, 5.74) is 3.78. The number of quaternary nitrogens is 1. The van der Waals surface area contributed by atoms with Crippen molar-refractivity contribution < 1.29 is 23.9 Å². The van der Waals surface area contributed by atoms with Crippen LogP contribution in [0.25, 0.3) is 5.69 Å². The van der Waals surface area contributed by atoms with E-state index in [0.29, 0.717) is 6.54 Å². The van der Waals surface area contributed by atoms with E-state index >= 15 is 0 Å². The lowest BCUT2D eigenvalue weighted by Crippen LogP contribution is -3.16. The monoisotopic (exact) mass is 371 g/mol. The van der Waals surface area contributed by atoms with Crippen molar-refractivity contribution in [1.82, 2.24) is 4.57 Å². The summed E-state index contributed by atoms with van der Waals surface area (Å²) in [5, 5.41) is 0. The first-order valence-corrected chi connectivity index (χ1v) is 9.53. The second-order valence-corrected chi connectivity index (χ2v) is 7.67. The summed E-state index contributed by atoms with van der Waals surface area (Å²) >= 11 is 0. The van der Waals surface area contributed by atoms with Gasteiger partial charge in [0.25, 0.3) is 0 Å². The lowest BCUT2D eigenvalue weighted by Gasteiger charge is -2.31. The highest BCUT2D eigenvalue weighted by Crippen LogP contribution is 2.34. The van der Waals surface area contributed by atoms with Gasteiger partial charge in [-0.15, -0.1) is 0 Å². The molecule has 0 radical (unpaired) electrons. The molecule has 3 heterocycles. The van der Waals surface area contributed by atoms with Crippen molar-refractivity contribution in [3.63, 3.8) is 0 Å². The van der Waals surface area contributed by atoms with Crippen LogP contribution in [0.3, 0.4) is 0 Å². The molecule has 2 aliphatic heterocycles. The third-order valence-electron chi connectivity index (χ3n) is 5.37. The van der Waals surface area contributed by atoms with Gasteiger partial charge in [-0.05, 0) is 45.9 Å². The molecule has 0 spiro atoms. The van der Waals surface area contributed by atoms with Crippen LogP contribution >= 0.6 is 0 Å². The van der Waals surface area contributed by atoms with Gasteiger partial charge in [0.15, 0.2) is 11.5 Å². The Balaban J connectivity index is 1.58. The van der Waals surface area contributed by atoms with Crippen LogP contribution < -0.4 is 14.4 Å². The van der Waals surface area contributed by atoms with Crippen molar-refractivity contribution in [2.75, 3.05) is 26.4 Å². The Morgan fingerprint density at radius 3 is 2.56 bits per heavy atom. The number of aryl methyl sites for hydroxylation is 1. The number of hydrogen-bond donors (Lipinski definition) is 1. The normalized spacial score (nSPS) is 24.2. The number of ketones is 1. The van der Waals surface area contributed by atoms with Crippen LogP contribution in [-0.4, -0.2) is 49.0 Å². The van der Waals surface area contributed by atoms with Crippen molar-refractivity contribution in [3.05, 3.63) is 41.2 Å². The third kappa shape index (κ3) is 3.47. The zero-order valence-corrected chi connectivity index (χ0v) is 16.4. The molecule has 0 amide bonds. The number of hydrogen-bond acceptors (Lipinski definition) is 4. The standard InChI is InChI=1S/C21H26N2O4/c1-13-7-18(19(24)11-22-9-14(2)27-15(3)10-22)16(4)23(13)17-5-6-20-21(8-17)26-12-25-20/h5-8,14-15H,9-12H2,1-4H3/p+1/t14-,15+. The number of morpholine rings is 1. The van der Waals surface area contributed by atoms with Crippen molar-refractivity contribution in [3.8, 4) is 17.2 Å². The Kier molecular flexibility index (Phi) is 4.70. The fraction of sp³-hybridized carbons (Fsp3) is 0.476. The van der Waals surface area contributed by atoms with Crippen LogP contribution in [0.1, 0.15) is 35.6 Å². The van der Waals surface area contributed by atoms with E-state index in [2.05, 4.69) is 18.4 Å². The van der Waals surface area contributed by atoms with Crippen LogP contribution in [0.5, 0.6) is 11.5 Å². The molecule has 1 aromatic carbocycles. The molecule has 1 N–H and O–H groups in total. The van der Waals surface area contributed by atoms with E-state index in [1.165, 1.54) is 4.90 Å². The largest absolute Gasteiger partial charge is 0.454 e. The summed E-state index contributed by atoms with van der Waals surface area (Å²) in [6.45, 7) is 10.7. The Morgan fingerprint density at radius 2 is 1.81 bits per heavy atom. The van der Waals surface area contributed by atoms with Crippen LogP contribution in [0, 0.1) is 13.8 Å². The van der Waals surface area contributed by atoms with Crippen LogP contribution in [0.2, 0.25) is 0 Å². The van der Waals surface area contributed by atoms with Crippen LogP contribution in [0.15, 0.2) is 24.3 Å².